The van der Waals surface area contributed by atoms with E-state index in [-0.39, 0.29) is 42.7 Å². The average molecular weight is 703 g/mol. The van der Waals surface area contributed by atoms with Gasteiger partial charge in [0, 0.05) is 19.3 Å². The van der Waals surface area contributed by atoms with E-state index >= 15 is 0 Å². The van der Waals surface area contributed by atoms with Crippen LogP contribution in [0.5, 0.6) is 0 Å². The lowest BCUT2D eigenvalue weighted by atomic mass is 10.1. The first kappa shape index (κ1) is 47.0. The van der Waals surface area contributed by atoms with E-state index in [1.807, 2.05) is 27.2 Å². The van der Waals surface area contributed by atoms with Crippen LogP contribution < -0.4 is 0 Å². The first-order valence-corrected chi connectivity index (χ1v) is 19.3. The molecule has 0 fully saturated rings. The number of carbonyl (C=O) groups is 3. The Morgan fingerprint density at radius 3 is 1.76 bits per heavy atom. The molecule has 0 spiro atoms. The molecule has 0 aromatic heterocycles. The van der Waals surface area contributed by atoms with Crippen LogP contribution in [0.4, 0.5) is 0 Å². The molecule has 0 saturated heterocycles. The molecule has 1 N–H and O–H groups in total. The molecule has 2 unspecified atom stereocenters. The maximum absolute atomic E-state index is 12.6. The summed E-state index contributed by atoms with van der Waals surface area (Å²) in [6.07, 6.45) is 38.6. The highest BCUT2D eigenvalue weighted by Crippen LogP contribution is 2.12. The third kappa shape index (κ3) is 31.0. The fraction of sp³-hybridized carbons (Fsp3) is 0.690. The van der Waals surface area contributed by atoms with Crippen molar-refractivity contribution in [2.24, 2.45) is 0 Å². The molecule has 0 aliphatic heterocycles. The summed E-state index contributed by atoms with van der Waals surface area (Å²) in [7, 11) is 5.49. The number of quaternary nitrogens is 1. The van der Waals surface area contributed by atoms with Crippen LogP contribution in [0.1, 0.15) is 136 Å². The minimum atomic E-state index is -0.886. The molecule has 0 amide bonds. The molecule has 8 heteroatoms. The van der Waals surface area contributed by atoms with Crippen LogP contribution in [0, 0.1) is 0 Å². The van der Waals surface area contributed by atoms with Crippen LogP contribution in [0.25, 0.3) is 0 Å². The summed E-state index contributed by atoms with van der Waals surface area (Å²) in [5.41, 5.74) is 0. The molecule has 0 bridgehead atoms. The van der Waals surface area contributed by atoms with Crippen LogP contribution in [0.3, 0.4) is 0 Å². The van der Waals surface area contributed by atoms with Crippen molar-refractivity contribution in [3.63, 3.8) is 0 Å². The monoisotopic (exact) mass is 703 g/mol. The quantitative estimate of drug-likeness (QED) is 0.0315. The van der Waals surface area contributed by atoms with Gasteiger partial charge in [0.1, 0.15) is 6.61 Å². The number of carbonyl (C=O) groups excluding carboxylic acids is 2. The molecular formula is C42H72NO7+. The molecule has 0 saturated carbocycles. The van der Waals surface area contributed by atoms with Gasteiger partial charge in [0.2, 0.25) is 0 Å². The van der Waals surface area contributed by atoms with Gasteiger partial charge >= 0.3 is 17.9 Å². The number of allylic oxidation sites excluding steroid dienone is 10. The fourth-order valence-corrected chi connectivity index (χ4v) is 5.16. The Morgan fingerprint density at radius 2 is 1.16 bits per heavy atom. The number of unbranched alkanes of at least 4 members (excludes halogenated alkanes) is 9. The molecule has 8 nitrogen and oxygen atoms in total. The van der Waals surface area contributed by atoms with E-state index < -0.39 is 18.1 Å². The molecule has 0 aliphatic rings. The molecule has 286 valence electrons. The highest BCUT2D eigenvalue weighted by Gasteiger charge is 2.31. The number of ether oxygens (including phenoxy) is 3. The maximum atomic E-state index is 12.6. The Kier molecular flexibility index (Phi) is 31.2. The topological polar surface area (TPSA) is 99.1 Å². The molecule has 0 aromatic rings. The Morgan fingerprint density at radius 1 is 0.620 bits per heavy atom. The van der Waals surface area contributed by atoms with Crippen molar-refractivity contribution in [1.29, 1.82) is 0 Å². The van der Waals surface area contributed by atoms with E-state index in [1.165, 1.54) is 25.7 Å². The van der Waals surface area contributed by atoms with Gasteiger partial charge in [0.25, 0.3) is 0 Å². The largest absolute Gasteiger partial charge is 0.477 e. The van der Waals surface area contributed by atoms with E-state index in [4.69, 9.17) is 14.2 Å². The summed E-state index contributed by atoms with van der Waals surface area (Å²) in [6, 6.07) is -0.622. The van der Waals surface area contributed by atoms with Gasteiger partial charge in [-0.1, -0.05) is 113 Å². The lowest BCUT2D eigenvalue weighted by Gasteiger charge is -2.31. The second kappa shape index (κ2) is 33.2. The average Bonchev–Trinajstić information content (AvgIpc) is 3.06. The Hall–Kier alpha value is -2.97. The van der Waals surface area contributed by atoms with E-state index in [0.29, 0.717) is 19.3 Å². The summed E-state index contributed by atoms with van der Waals surface area (Å²) in [5, 5.41) is 9.57. The number of esters is 2. The summed E-state index contributed by atoms with van der Waals surface area (Å²) in [6.45, 7) is 4.47. The van der Waals surface area contributed by atoms with Gasteiger partial charge in [-0.3, -0.25) is 9.59 Å². The summed E-state index contributed by atoms with van der Waals surface area (Å²) < 4.78 is 17.1. The maximum Gasteiger partial charge on any atom is 0.362 e. The van der Waals surface area contributed by atoms with E-state index in [9.17, 15) is 19.5 Å². The predicted octanol–water partition coefficient (Wildman–Crippen LogP) is 9.85. The second-order valence-electron chi connectivity index (χ2n) is 13.8. The van der Waals surface area contributed by atoms with Crippen LogP contribution in [0.2, 0.25) is 0 Å². The SMILES string of the molecule is CC/C=C/C/C=C/C/C=C/C/C=C/CCCCCCCCC(=O)OC(COCCC(C(=O)O)[N+](C)(C)C)COC(=O)CC/C=C/CCCCC. The van der Waals surface area contributed by atoms with Crippen molar-refractivity contribution < 1.29 is 38.2 Å². The first-order chi connectivity index (χ1) is 24.1. The van der Waals surface area contributed by atoms with Crippen LogP contribution in [0.15, 0.2) is 60.8 Å². The van der Waals surface area contributed by atoms with Gasteiger partial charge in [-0.05, 0) is 64.2 Å². The number of aliphatic carboxylic acids is 1. The lowest BCUT2D eigenvalue weighted by molar-refractivity contribution is -0.887. The van der Waals surface area contributed by atoms with E-state index in [1.54, 1.807) is 0 Å². The van der Waals surface area contributed by atoms with Gasteiger partial charge in [-0.2, -0.15) is 0 Å². The molecule has 0 heterocycles. The number of carboxylic acids is 1. The van der Waals surface area contributed by atoms with E-state index in [0.717, 1.165) is 70.6 Å². The van der Waals surface area contributed by atoms with Crippen LogP contribution in [-0.4, -0.2) is 80.6 Å². The standard InChI is InChI=1S/C42H71NO7/c1-6-8-10-12-14-15-16-17-18-19-20-21-22-23-24-25-27-29-31-33-41(45)50-38(36-48-35-34-39(42(46)47)43(3,4)5)37-49-40(44)32-30-28-26-13-11-9-7-2/h8,10,14-15,17-18,20-21,26,28,38-39H,6-7,9,11-13,16,19,22-25,27,29-37H2,1-5H3/p+1/b10-8+,15-14+,18-17+,21-20+,28-26+. The van der Waals surface area contributed by atoms with Crippen molar-refractivity contribution in [3.8, 4) is 0 Å². The van der Waals surface area contributed by atoms with Crippen molar-refractivity contribution in [2.75, 3.05) is 41.0 Å². The minimum Gasteiger partial charge on any atom is -0.477 e. The van der Waals surface area contributed by atoms with E-state index in [2.05, 4.69) is 68.5 Å². The molecule has 0 rings (SSSR count). The predicted molar refractivity (Wildman–Crippen MR) is 206 cm³/mol. The van der Waals surface area contributed by atoms with Gasteiger partial charge in [0.05, 0.1) is 34.4 Å². The molecule has 0 radical (unpaired) electrons. The van der Waals surface area contributed by atoms with Gasteiger partial charge < -0.3 is 23.8 Å². The summed E-state index contributed by atoms with van der Waals surface area (Å²) >= 11 is 0. The number of hydrogen-bond donors (Lipinski definition) is 1. The number of likely N-dealkylation sites (N-methyl/N-ethyl adjacent to an activating group) is 1. The minimum absolute atomic E-state index is 0.0408. The third-order valence-corrected chi connectivity index (χ3v) is 8.16. The molecule has 50 heavy (non-hydrogen) atoms. The van der Waals surface area contributed by atoms with Gasteiger partial charge in [-0.25, -0.2) is 4.79 Å². The van der Waals surface area contributed by atoms with Crippen molar-refractivity contribution in [2.45, 2.75) is 148 Å². The summed E-state index contributed by atoms with van der Waals surface area (Å²) in [5.74, 6) is -1.57. The highest BCUT2D eigenvalue weighted by molar-refractivity contribution is 5.72. The Labute approximate surface area is 305 Å². The normalized spacial score (nSPS) is 13.7. The van der Waals surface area contributed by atoms with Crippen molar-refractivity contribution in [3.05, 3.63) is 60.8 Å². The Balaban J connectivity index is 4.38. The highest BCUT2D eigenvalue weighted by atomic mass is 16.6. The van der Waals surface area contributed by atoms with Crippen molar-refractivity contribution >= 4 is 17.9 Å². The zero-order valence-electron chi connectivity index (χ0n) is 32.3. The van der Waals surface area contributed by atoms with Crippen molar-refractivity contribution in [1.82, 2.24) is 0 Å². The first-order valence-electron chi connectivity index (χ1n) is 19.3. The molecular weight excluding hydrogens is 630 g/mol. The number of rotatable bonds is 33. The molecule has 0 aromatic carbocycles. The van der Waals surface area contributed by atoms with Crippen LogP contribution in [-0.2, 0) is 28.6 Å². The molecule has 2 atom stereocenters. The van der Waals surface area contributed by atoms with Gasteiger partial charge in [0.15, 0.2) is 12.1 Å². The zero-order valence-corrected chi connectivity index (χ0v) is 32.3. The molecule has 0 aliphatic carbocycles. The third-order valence-electron chi connectivity index (χ3n) is 8.16. The van der Waals surface area contributed by atoms with Crippen LogP contribution >= 0.6 is 0 Å². The smallest absolute Gasteiger partial charge is 0.362 e. The number of carboxylic acid groups (broad SMARTS) is 1. The Bertz CT molecular complexity index is 1010. The number of hydrogen-bond acceptors (Lipinski definition) is 6. The van der Waals surface area contributed by atoms with Gasteiger partial charge in [-0.15, -0.1) is 0 Å². The lowest BCUT2D eigenvalue weighted by Crippen LogP contribution is -2.50. The zero-order chi connectivity index (χ0) is 37.1. The number of nitrogens with zero attached hydrogens (tertiary/aromatic N) is 1. The fourth-order valence-electron chi connectivity index (χ4n) is 5.16. The second-order valence-corrected chi connectivity index (χ2v) is 13.8. The summed E-state index contributed by atoms with van der Waals surface area (Å²) in [4.78, 5) is 36.6.